The molecule has 8 heteroatoms. The number of carbonyl (C=O) groups is 2. The molecule has 1 atom stereocenters. The first-order valence-corrected chi connectivity index (χ1v) is 9.44. The maximum Gasteiger partial charge on any atom is 0.295 e. The highest BCUT2D eigenvalue weighted by Gasteiger charge is 2.45. The molecule has 1 amide bonds. The van der Waals surface area contributed by atoms with Gasteiger partial charge in [0.15, 0.2) is 11.5 Å². The minimum Gasteiger partial charge on any atom is -0.507 e. The molecule has 1 unspecified atom stereocenters. The number of aliphatic hydroxyl groups is 1. The Bertz CT molecular complexity index is 1020. The van der Waals surface area contributed by atoms with E-state index in [1.807, 2.05) is 0 Å². The van der Waals surface area contributed by atoms with Crippen LogP contribution in [-0.2, 0) is 14.3 Å². The molecule has 1 fully saturated rings. The third-order valence-electron chi connectivity index (χ3n) is 5.08. The van der Waals surface area contributed by atoms with Gasteiger partial charge in [0, 0.05) is 19.2 Å². The number of Topliss-reactive ketones (excluding diaryl/α,β-unsaturated/α-hetero) is 1. The van der Waals surface area contributed by atoms with E-state index in [2.05, 4.69) is 0 Å². The second-order valence-electron chi connectivity index (χ2n) is 6.90. The molecule has 2 heterocycles. The van der Waals surface area contributed by atoms with E-state index in [9.17, 15) is 19.1 Å². The average molecular weight is 413 g/mol. The SMILES string of the molecule is COCCN1C(=O)C(=O)/C(=C(\O)c2ccc3c(c2)OCCO3)C1c1ccc(F)cc1. The van der Waals surface area contributed by atoms with Crippen molar-refractivity contribution in [1.82, 2.24) is 4.90 Å². The standard InChI is InChI=1S/C22H20FNO6/c1-28-9-8-24-19(13-2-5-15(23)6-3-13)18(21(26)22(24)27)20(25)14-4-7-16-17(12-14)30-11-10-29-16/h2-7,12,19,25H,8-11H2,1H3/b20-18-. The molecule has 1 N–H and O–H groups in total. The predicted octanol–water partition coefficient (Wildman–Crippen LogP) is 2.67. The number of carbonyl (C=O) groups excluding carboxylic acids is 2. The normalized spacial score (nSPS) is 19.9. The number of amides is 1. The fourth-order valence-corrected chi connectivity index (χ4v) is 3.64. The number of ether oxygens (including phenoxy) is 3. The number of methoxy groups -OCH3 is 1. The van der Waals surface area contributed by atoms with Crippen molar-refractivity contribution in [2.24, 2.45) is 0 Å². The minimum absolute atomic E-state index is 0.0700. The summed E-state index contributed by atoms with van der Waals surface area (Å²) in [6.45, 7) is 1.14. The number of fused-ring (bicyclic) bond motifs is 1. The van der Waals surface area contributed by atoms with Crippen molar-refractivity contribution < 1.29 is 33.3 Å². The number of hydrogen-bond donors (Lipinski definition) is 1. The third kappa shape index (κ3) is 3.50. The molecule has 4 rings (SSSR count). The van der Waals surface area contributed by atoms with Gasteiger partial charge in [0.05, 0.1) is 18.2 Å². The number of aliphatic hydroxyl groups excluding tert-OH is 1. The van der Waals surface area contributed by atoms with E-state index in [4.69, 9.17) is 14.2 Å². The van der Waals surface area contributed by atoms with Crippen molar-refractivity contribution in [3.63, 3.8) is 0 Å². The number of benzene rings is 2. The summed E-state index contributed by atoms with van der Waals surface area (Å²) >= 11 is 0. The number of ketones is 1. The molecule has 7 nitrogen and oxygen atoms in total. The Morgan fingerprint density at radius 1 is 1.13 bits per heavy atom. The Labute approximate surface area is 172 Å². The lowest BCUT2D eigenvalue weighted by atomic mass is 9.95. The van der Waals surface area contributed by atoms with Crippen LogP contribution in [0.25, 0.3) is 5.76 Å². The van der Waals surface area contributed by atoms with E-state index in [0.717, 1.165) is 0 Å². The molecule has 0 radical (unpaired) electrons. The van der Waals surface area contributed by atoms with Gasteiger partial charge in [-0.3, -0.25) is 9.59 Å². The first-order valence-electron chi connectivity index (χ1n) is 9.44. The van der Waals surface area contributed by atoms with Crippen molar-refractivity contribution in [3.8, 4) is 11.5 Å². The summed E-state index contributed by atoms with van der Waals surface area (Å²) in [5.74, 6) is -1.36. The van der Waals surface area contributed by atoms with E-state index >= 15 is 0 Å². The maximum absolute atomic E-state index is 13.5. The average Bonchev–Trinajstić information content (AvgIpc) is 3.02. The lowest BCUT2D eigenvalue weighted by Crippen LogP contribution is -2.32. The highest BCUT2D eigenvalue weighted by atomic mass is 19.1. The number of rotatable bonds is 5. The summed E-state index contributed by atoms with van der Waals surface area (Å²) in [6, 6.07) is 9.39. The lowest BCUT2D eigenvalue weighted by molar-refractivity contribution is -0.140. The minimum atomic E-state index is -0.867. The molecule has 0 aromatic heterocycles. The van der Waals surface area contributed by atoms with Gasteiger partial charge in [-0.2, -0.15) is 0 Å². The van der Waals surface area contributed by atoms with E-state index < -0.39 is 23.5 Å². The predicted molar refractivity (Wildman–Crippen MR) is 105 cm³/mol. The molecule has 2 aliphatic heterocycles. The van der Waals surface area contributed by atoms with Gasteiger partial charge >= 0.3 is 0 Å². The maximum atomic E-state index is 13.5. The third-order valence-corrected chi connectivity index (χ3v) is 5.08. The molecular formula is C22H20FNO6. The van der Waals surface area contributed by atoms with Gasteiger partial charge < -0.3 is 24.2 Å². The summed E-state index contributed by atoms with van der Waals surface area (Å²) in [5.41, 5.74) is 0.751. The quantitative estimate of drug-likeness (QED) is 0.461. The molecule has 2 aromatic rings. The van der Waals surface area contributed by atoms with Crippen LogP contribution in [0.4, 0.5) is 4.39 Å². The highest BCUT2D eigenvalue weighted by Crippen LogP contribution is 2.40. The molecular weight excluding hydrogens is 393 g/mol. The zero-order chi connectivity index (χ0) is 21.3. The Hall–Kier alpha value is -3.39. The molecule has 156 valence electrons. The molecule has 2 aliphatic rings. The van der Waals surface area contributed by atoms with Crippen molar-refractivity contribution >= 4 is 17.4 Å². The molecule has 0 aliphatic carbocycles. The van der Waals surface area contributed by atoms with Crippen LogP contribution >= 0.6 is 0 Å². The van der Waals surface area contributed by atoms with Crippen LogP contribution in [0.2, 0.25) is 0 Å². The second-order valence-corrected chi connectivity index (χ2v) is 6.90. The van der Waals surface area contributed by atoms with Crippen molar-refractivity contribution in [1.29, 1.82) is 0 Å². The van der Waals surface area contributed by atoms with Crippen molar-refractivity contribution in [3.05, 3.63) is 65.0 Å². The smallest absolute Gasteiger partial charge is 0.295 e. The van der Waals surface area contributed by atoms with Crippen LogP contribution in [-0.4, -0.2) is 55.2 Å². The fourth-order valence-electron chi connectivity index (χ4n) is 3.64. The van der Waals surface area contributed by atoms with Gasteiger partial charge in [-0.25, -0.2) is 4.39 Å². The Kier molecular flexibility index (Phi) is 5.41. The lowest BCUT2D eigenvalue weighted by Gasteiger charge is -2.25. The topological polar surface area (TPSA) is 85.3 Å². The molecule has 2 aromatic carbocycles. The van der Waals surface area contributed by atoms with Gasteiger partial charge in [-0.05, 0) is 35.9 Å². The number of likely N-dealkylation sites (tertiary alicyclic amines) is 1. The van der Waals surface area contributed by atoms with E-state index in [1.54, 1.807) is 18.2 Å². The van der Waals surface area contributed by atoms with Crippen LogP contribution < -0.4 is 9.47 Å². The zero-order valence-corrected chi connectivity index (χ0v) is 16.3. The number of hydrogen-bond acceptors (Lipinski definition) is 6. The van der Waals surface area contributed by atoms with Gasteiger partial charge in [-0.15, -0.1) is 0 Å². The van der Waals surface area contributed by atoms with Crippen molar-refractivity contribution in [2.75, 3.05) is 33.5 Å². The molecule has 1 saturated heterocycles. The Morgan fingerprint density at radius 3 is 2.53 bits per heavy atom. The molecule has 0 saturated carbocycles. The van der Waals surface area contributed by atoms with Gasteiger partial charge in [0.2, 0.25) is 0 Å². The summed E-state index contributed by atoms with van der Waals surface area (Å²) in [7, 11) is 1.48. The van der Waals surface area contributed by atoms with Crippen LogP contribution in [0.3, 0.4) is 0 Å². The Morgan fingerprint density at radius 2 is 1.83 bits per heavy atom. The van der Waals surface area contributed by atoms with Gasteiger partial charge in [0.25, 0.3) is 11.7 Å². The van der Waals surface area contributed by atoms with Crippen molar-refractivity contribution in [2.45, 2.75) is 6.04 Å². The summed E-state index contributed by atoms with van der Waals surface area (Å²) in [6.07, 6.45) is 0. The number of halogens is 1. The number of nitrogens with zero attached hydrogens (tertiary/aromatic N) is 1. The summed E-state index contributed by atoms with van der Waals surface area (Å²) < 4.78 is 29.5. The first kappa shape index (κ1) is 19.9. The zero-order valence-electron chi connectivity index (χ0n) is 16.3. The monoisotopic (exact) mass is 413 g/mol. The summed E-state index contributed by atoms with van der Waals surface area (Å²) in [5, 5.41) is 11.0. The van der Waals surface area contributed by atoms with Gasteiger partial charge in [-0.1, -0.05) is 12.1 Å². The summed E-state index contributed by atoms with van der Waals surface area (Å²) in [4.78, 5) is 26.9. The second kappa shape index (κ2) is 8.16. The molecule has 0 bridgehead atoms. The fraction of sp³-hybridized carbons (Fsp3) is 0.273. The van der Waals surface area contributed by atoms with Crippen LogP contribution in [0.15, 0.2) is 48.0 Å². The van der Waals surface area contributed by atoms with Gasteiger partial charge in [0.1, 0.15) is 24.8 Å². The van der Waals surface area contributed by atoms with Crippen LogP contribution in [0.1, 0.15) is 17.2 Å². The van der Waals surface area contributed by atoms with Crippen LogP contribution in [0, 0.1) is 5.82 Å². The van der Waals surface area contributed by atoms with Crippen LogP contribution in [0.5, 0.6) is 11.5 Å². The molecule has 30 heavy (non-hydrogen) atoms. The van der Waals surface area contributed by atoms with E-state index in [-0.39, 0.29) is 24.5 Å². The highest BCUT2D eigenvalue weighted by molar-refractivity contribution is 6.46. The molecule has 0 spiro atoms. The van der Waals surface area contributed by atoms with E-state index in [1.165, 1.54) is 36.3 Å². The Balaban J connectivity index is 1.82. The first-order chi connectivity index (χ1) is 14.5. The van der Waals surface area contributed by atoms with E-state index in [0.29, 0.717) is 35.8 Å². The largest absolute Gasteiger partial charge is 0.507 e.